The molecule has 1 aromatic heterocycles. The van der Waals surface area contributed by atoms with Gasteiger partial charge in [-0.15, -0.1) is 0 Å². The first-order valence-electron chi connectivity index (χ1n) is 11.1. The highest BCUT2D eigenvalue weighted by Gasteiger charge is 2.38. The lowest BCUT2D eigenvalue weighted by molar-refractivity contribution is -0.133. The number of fused-ring (bicyclic) bond motifs is 1. The van der Waals surface area contributed by atoms with Crippen LogP contribution in [0.25, 0.3) is 11.1 Å². The van der Waals surface area contributed by atoms with Crippen molar-refractivity contribution < 1.29 is 19.2 Å². The minimum Gasteiger partial charge on any atom is -0.429 e. The van der Waals surface area contributed by atoms with Crippen LogP contribution in [0.4, 0.5) is 4.39 Å². The molecule has 34 heavy (non-hydrogen) atoms. The first-order chi connectivity index (χ1) is 16.4. The van der Waals surface area contributed by atoms with E-state index in [0.717, 1.165) is 60.3 Å². The van der Waals surface area contributed by atoms with E-state index in [1.165, 1.54) is 12.1 Å². The Morgan fingerprint density at radius 3 is 2.47 bits per heavy atom. The number of halogens is 3. The molecular weight excluding hydrogens is 479 g/mol. The molecule has 1 saturated heterocycles. The van der Waals surface area contributed by atoms with Crippen LogP contribution < -0.4 is 0 Å². The van der Waals surface area contributed by atoms with Gasteiger partial charge in [0, 0.05) is 40.7 Å². The molecule has 6 nitrogen and oxygen atoms in total. The van der Waals surface area contributed by atoms with Crippen molar-refractivity contribution in [1.29, 1.82) is 0 Å². The topological polar surface area (TPSA) is 89.5 Å². The summed E-state index contributed by atoms with van der Waals surface area (Å²) < 4.78 is 13.2. The molecule has 10 heteroatoms. The van der Waals surface area contributed by atoms with E-state index in [0.29, 0.717) is 16.5 Å². The van der Waals surface area contributed by atoms with Crippen molar-refractivity contribution in [1.82, 2.24) is 14.9 Å². The standard InChI is InChI=1S/C24H22Cl2FN3O.BH2O2/c25-20-10-16(14-1-3-17(27)4-2-14)11-21(26)19(20)9-15-7-8-30(24(15)31)18-5-6-22-23(12-18)29-13-28-22;2-1-3/h1-4,10-11,13,15,18H,5-9,12H2,(H,28,29);2-3H. The number of aromatic nitrogens is 2. The molecule has 177 valence electrons. The third-order valence-corrected chi connectivity index (χ3v) is 7.20. The van der Waals surface area contributed by atoms with Crippen molar-refractivity contribution in [2.24, 2.45) is 5.92 Å². The second kappa shape index (κ2) is 10.9. The number of H-pyrrole nitrogens is 1. The van der Waals surface area contributed by atoms with Crippen LogP contribution >= 0.6 is 23.2 Å². The van der Waals surface area contributed by atoms with Gasteiger partial charge in [-0.05, 0) is 66.6 Å². The monoisotopic (exact) mass is 502 g/mol. The number of imidazole rings is 1. The molecule has 1 radical (unpaired) electrons. The van der Waals surface area contributed by atoms with Crippen LogP contribution in [0.1, 0.15) is 29.8 Å². The van der Waals surface area contributed by atoms with Gasteiger partial charge in [0.15, 0.2) is 0 Å². The number of benzene rings is 2. The second-order valence-electron chi connectivity index (χ2n) is 8.49. The predicted molar refractivity (Wildman–Crippen MR) is 130 cm³/mol. The highest BCUT2D eigenvalue weighted by molar-refractivity contribution is 6.36. The summed E-state index contributed by atoms with van der Waals surface area (Å²) in [7, 11) is 0. The summed E-state index contributed by atoms with van der Waals surface area (Å²) in [5.41, 5.74) is 4.74. The van der Waals surface area contributed by atoms with Gasteiger partial charge in [0.25, 0.3) is 0 Å². The van der Waals surface area contributed by atoms with Crippen LogP contribution in [0.3, 0.4) is 0 Å². The molecule has 3 N–H and O–H groups in total. The fourth-order valence-electron chi connectivity index (χ4n) is 4.82. The largest absolute Gasteiger partial charge is 0.482 e. The SMILES string of the molecule is O=C1C(Cc2c(Cl)cc(-c3ccc(F)cc3)cc2Cl)CCN1C1CCc2nc[nH]c2C1.O[B]O. The highest BCUT2D eigenvalue weighted by Crippen LogP contribution is 2.36. The molecule has 2 atom stereocenters. The first-order valence-corrected chi connectivity index (χ1v) is 11.8. The number of carbonyl (C=O) groups excluding carboxylic acids is 1. The van der Waals surface area contributed by atoms with Crippen LogP contribution in [0.15, 0.2) is 42.7 Å². The van der Waals surface area contributed by atoms with Gasteiger partial charge in [-0.25, -0.2) is 9.37 Å². The Morgan fingerprint density at radius 2 is 1.79 bits per heavy atom. The molecular formula is C24H24BCl2FN3O3. The zero-order valence-electron chi connectivity index (χ0n) is 18.3. The summed E-state index contributed by atoms with van der Waals surface area (Å²) >= 11 is 13.2. The highest BCUT2D eigenvalue weighted by atomic mass is 35.5. The molecule has 3 aromatic rings. The Bertz CT molecular complexity index is 1140. The maximum Gasteiger partial charge on any atom is 0.482 e. The summed E-state index contributed by atoms with van der Waals surface area (Å²) in [4.78, 5) is 22.8. The number of nitrogens with zero attached hydrogens (tertiary/aromatic N) is 2. The van der Waals surface area contributed by atoms with Gasteiger partial charge in [0.1, 0.15) is 5.82 Å². The third-order valence-electron chi connectivity index (χ3n) is 6.52. The average Bonchev–Trinajstić information content (AvgIpc) is 3.43. The van der Waals surface area contributed by atoms with Crippen molar-refractivity contribution in [2.45, 2.75) is 38.1 Å². The van der Waals surface area contributed by atoms with Crippen molar-refractivity contribution in [2.75, 3.05) is 6.54 Å². The average molecular weight is 503 g/mol. The number of amides is 1. The van der Waals surface area contributed by atoms with Crippen molar-refractivity contribution in [3.8, 4) is 11.1 Å². The van der Waals surface area contributed by atoms with E-state index in [9.17, 15) is 9.18 Å². The number of aryl methyl sites for hydroxylation is 1. The quantitative estimate of drug-likeness (QED) is 0.471. The van der Waals surface area contributed by atoms with Gasteiger partial charge in [-0.2, -0.15) is 0 Å². The number of carbonyl (C=O) groups is 1. The molecule has 1 fully saturated rings. The van der Waals surface area contributed by atoms with E-state index >= 15 is 0 Å². The van der Waals surface area contributed by atoms with Crippen LogP contribution in [0.5, 0.6) is 0 Å². The molecule has 0 spiro atoms. The molecule has 1 aliphatic carbocycles. The van der Waals surface area contributed by atoms with E-state index in [2.05, 4.69) is 9.97 Å². The molecule has 2 heterocycles. The van der Waals surface area contributed by atoms with E-state index < -0.39 is 0 Å². The number of rotatable bonds is 4. The second-order valence-corrected chi connectivity index (χ2v) is 9.30. The van der Waals surface area contributed by atoms with Crippen molar-refractivity contribution in [3.63, 3.8) is 0 Å². The van der Waals surface area contributed by atoms with Gasteiger partial charge >= 0.3 is 7.69 Å². The molecule has 1 aliphatic heterocycles. The zero-order valence-corrected chi connectivity index (χ0v) is 19.9. The number of nitrogens with one attached hydrogen (secondary N) is 1. The van der Waals surface area contributed by atoms with Gasteiger partial charge in [0.2, 0.25) is 5.91 Å². The molecule has 2 unspecified atom stereocenters. The molecule has 5 rings (SSSR count). The molecule has 0 saturated carbocycles. The third kappa shape index (κ3) is 5.30. The maximum atomic E-state index is 13.2. The first kappa shape index (κ1) is 24.7. The Hall–Kier alpha value is -2.39. The lowest BCUT2D eigenvalue weighted by atomic mass is 9.94. The number of hydrogen-bond donors (Lipinski definition) is 3. The molecule has 0 bridgehead atoms. The van der Waals surface area contributed by atoms with Crippen LogP contribution in [-0.4, -0.2) is 51.1 Å². The Balaban J connectivity index is 0.000000868. The van der Waals surface area contributed by atoms with E-state index in [4.69, 9.17) is 33.2 Å². The van der Waals surface area contributed by atoms with Crippen molar-refractivity contribution >= 4 is 36.8 Å². The van der Waals surface area contributed by atoms with Crippen LogP contribution in [-0.2, 0) is 24.1 Å². The Labute approximate surface area is 208 Å². The summed E-state index contributed by atoms with van der Waals surface area (Å²) in [5, 5.41) is 15.1. The fourth-order valence-corrected chi connectivity index (χ4v) is 5.46. The maximum absolute atomic E-state index is 13.2. The van der Waals surface area contributed by atoms with Gasteiger partial charge in [-0.3, -0.25) is 4.79 Å². The zero-order chi connectivity index (χ0) is 24.2. The smallest absolute Gasteiger partial charge is 0.429 e. The Kier molecular flexibility index (Phi) is 7.93. The summed E-state index contributed by atoms with van der Waals surface area (Å²) in [6.45, 7) is 0.764. The van der Waals surface area contributed by atoms with E-state index in [1.807, 2.05) is 17.0 Å². The minimum atomic E-state index is -0.288. The predicted octanol–water partition coefficient (Wildman–Crippen LogP) is 3.98. The van der Waals surface area contributed by atoms with Crippen LogP contribution in [0, 0.1) is 11.7 Å². The lowest BCUT2D eigenvalue weighted by Gasteiger charge is -2.31. The minimum absolute atomic E-state index is 0. The van der Waals surface area contributed by atoms with Crippen LogP contribution in [0.2, 0.25) is 10.0 Å². The molecule has 2 aromatic carbocycles. The molecule has 2 aliphatic rings. The molecule has 1 amide bonds. The van der Waals surface area contributed by atoms with Crippen molar-refractivity contribution in [3.05, 3.63) is 75.5 Å². The number of likely N-dealkylation sites (tertiary alicyclic amines) is 1. The van der Waals surface area contributed by atoms with E-state index in [-0.39, 0.29) is 31.4 Å². The van der Waals surface area contributed by atoms with Gasteiger partial charge in [0.05, 0.1) is 12.0 Å². The van der Waals surface area contributed by atoms with Gasteiger partial charge < -0.3 is 19.9 Å². The lowest BCUT2D eigenvalue weighted by Crippen LogP contribution is -2.41. The normalized spacial score (nSPS) is 19.4. The summed E-state index contributed by atoms with van der Waals surface area (Å²) in [5.74, 6) is -0.221. The van der Waals surface area contributed by atoms with Gasteiger partial charge in [-0.1, -0.05) is 35.3 Å². The fraction of sp³-hybridized carbons (Fsp3) is 0.333. The number of aromatic amines is 1. The van der Waals surface area contributed by atoms with E-state index in [1.54, 1.807) is 18.5 Å². The summed E-state index contributed by atoms with van der Waals surface area (Å²) in [6, 6.07) is 10.1. The summed E-state index contributed by atoms with van der Waals surface area (Å²) in [6.07, 6.45) is 5.75. The number of hydrogen-bond acceptors (Lipinski definition) is 4. The Morgan fingerprint density at radius 1 is 1.12 bits per heavy atom.